The van der Waals surface area contributed by atoms with Crippen molar-refractivity contribution in [1.29, 1.82) is 0 Å². The van der Waals surface area contributed by atoms with Crippen LogP contribution in [0.3, 0.4) is 0 Å². The maximum atomic E-state index is 13.3. The highest BCUT2D eigenvalue weighted by atomic mass is 32.1. The minimum atomic E-state index is -0.807. The minimum absolute atomic E-state index is 0.00391. The van der Waals surface area contributed by atoms with E-state index in [4.69, 9.17) is 14.2 Å². The zero-order valence-electron chi connectivity index (χ0n) is 20.9. The van der Waals surface area contributed by atoms with Gasteiger partial charge in [0, 0.05) is 10.4 Å². The van der Waals surface area contributed by atoms with Crippen molar-refractivity contribution in [2.24, 2.45) is 0 Å². The number of aliphatic hydroxyl groups is 1. The summed E-state index contributed by atoms with van der Waals surface area (Å²) in [5, 5.41) is 13.3. The molecule has 0 saturated carbocycles. The largest absolute Gasteiger partial charge is 0.507 e. The van der Waals surface area contributed by atoms with Crippen molar-refractivity contribution in [2.45, 2.75) is 39.5 Å². The predicted molar refractivity (Wildman–Crippen MR) is 139 cm³/mol. The van der Waals surface area contributed by atoms with Crippen LogP contribution in [-0.2, 0) is 16.1 Å². The molecular weight excluding hydrogens is 478 g/mol. The monoisotopic (exact) mass is 507 g/mol. The van der Waals surface area contributed by atoms with E-state index in [1.165, 1.54) is 30.5 Å². The van der Waals surface area contributed by atoms with E-state index < -0.39 is 17.7 Å². The van der Waals surface area contributed by atoms with Crippen molar-refractivity contribution in [3.05, 3.63) is 81.1 Å². The second kappa shape index (κ2) is 10.5. The van der Waals surface area contributed by atoms with Gasteiger partial charge in [0.1, 0.15) is 11.5 Å². The number of rotatable bonds is 8. The molecule has 1 atom stereocenters. The second-order valence-corrected chi connectivity index (χ2v) is 9.80. The fourth-order valence-corrected chi connectivity index (χ4v) is 5.02. The van der Waals surface area contributed by atoms with Crippen LogP contribution < -0.4 is 14.2 Å². The third-order valence-electron chi connectivity index (χ3n) is 5.98. The zero-order chi connectivity index (χ0) is 26.0. The van der Waals surface area contributed by atoms with Crippen molar-refractivity contribution < 1.29 is 28.9 Å². The van der Waals surface area contributed by atoms with Crippen LogP contribution in [0.15, 0.2) is 59.5 Å². The predicted octanol–water partition coefficient (Wildman–Crippen LogP) is 5.48. The molecule has 0 aliphatic carbocycles. The van der Waals surface area contributed by atoms with E-state index >= 15 is 0 Å². The normalized spacial score (nSPS) is 17.1. The molecule has 8 heteroatoms. The number of amides is 1. The summed E-state index contributed by atoms with van der Waals surface area (Å²) < 4.78 is 16.6. The number of carbonyl (C=O) groups excluding carboxylic acids is 2. The molecule has 0 radical (unpaired) electrons. The Morgan fingerprint density at radius 1 is 1.03 bits per heavy atom. The number of ether oxygens (including phenoxy) is 3. The van der Waals surface area contributed by atoms with Crippen LogP contribution in [0, 0.1) is 6.92 Å². The Hall–Kier alpha value is -3.78. The molecule has 1 saturated heterocycles. The van der Waals surface area contributed by atoms with Crippen molar-refractivity contribution in [2.75, 3.05) is 14.2 Å². The number of thiophene rings is 1. The van der Waals surface area contributed by atoms with E-state index in [2.05, 4.69) is 0 Å². The maximum Gasteiger partial charge on any atom is 0.295 e. The molecule has 0 bridgehead atoms. The SMILES string of the molecule is COc1ccc(C2/C(=C(/O)c3ccc(OC(C)C)c(C)c3)C(=O)C(=O)N2Cc2cccs2)cc1OC. The summed E-state index contributed by atoms with van der Waals surface area (Å²) in [5.41, 5.74) is 1.90. The van der Waals surface area contributed by atoms with Crippen molar-refractivity contribution in [3.8, 4) is 17.2 Å². The van der Waals surface area contributed by atoms with Gasteiger partial charge >= 0.3 is 0 Å². The molecular formula is C28H29NO6S. The summed E-state index contributed by atoms with van der Waals surface area (Å²) in [6.07, 6.45) is -0.00391. The summed E-state index contributed by atoms with van der Waals surface area (Å²) in [7, 11) is 3.06. The summed E-state index contributed by atoms with van der Waals surface area (Å²) in [5.74, 6) is 0.0398. The number of aliphatic hydroxyl groups excluding tert-OH is 1. The molecule has 1 amide bonds. The second-order valence-electron chi connectivity index (χ2n) is 8.77. The first-order valence-electron chi connectivity index (χ1n) is 11.6. The number of carbonyl (C=O) groups is 2. The number of hydrogen-bond donors (Lipinski definition) is 1. The Morgan fingerprint density at radius 3 is 2.36 bits per heavy atom. The van der Waals surface area contributed by atoms with Gasteiger partial charge in [-0.2, -0.15) is 0 Å². The lowest BCUT2D eigenvalue weighted by molar-refractivity contribution is -0.140. The average molecular weight is 508 g/mol. The molecule has 0 spiro atoms. The number of ketones is 1. The van der Waals surface area contributed by atoms with Gasteiger partial charge in [-0.3, -0.25) is 9.59 Å². The fourth-order valence-electron chi connectivity index (χ4n) is 4.32. The molecule has 1 unspecified atom stereocenters. The summed E-state index contributed by atoms with van der Waals surface area (Å²) in [6, 6.07) is 13.4. The van der Waals surface area contributed by atoms with E-state index in [1.807, 2.05) is 38.3 Å². The van der Waals surface area contributed by atoms with Gasteiger partial charge < -0.3 is 24.2 Å². The van der Waals surface area contributed by atoms with Crippen LogP contribution >= 0.6 is 11.3 Å². The molecule has 1 aliphatic heterocycles. The summed E-state index contributed by atoms with van der Waals surface area (Å²) in [6.45, 7) is 5.98. The first-order chi connectivity index (χ1) is 17.2. The molecule has 36 heavy (non-hydrogen) atoms. The molecule has 1 fully saturated rings. The quantitative estimate of drug-likeness (QED) is 0.247. The molecule has 3 aromatic rings. The van der Waals surface area contributed by atoms with E-state index in [0.717, 1.165) is 10.4 Å². The standard InChI is InChI=1S/C28H29NO6S/c1-16(2)35-21-10-9-19(13-17(21)3)26(30)24-25(18-8-11-22(33-4)23(14-18)34-5)29(28(32)27(24)31)15-20-7-6-12-36-20/h6-14,16,25,30H,15H2,1-5H3/b26-24-. The number of nitrogens with zero attached hydrogens (tertiary/aromatic N) is 1. The first kappa shape index (κ1) is 25.3. The maximum absolute atomic E-state index is 13.3. The van der Waals surface area contributed by atoms with E-state index in [9.17, 15) is 14.7 Å². The summed E-state index contributed by atoms with van der Waals surface area (Å²) in [4.78, 5) is 29.0. The molecule has 188 valence electrons. The third kappa shape index (κ3) is 4.81. The summed E-state index contributed by atoms with van der Waals surface area (Å²) >= 11 is 1.50. The lowest BCUT2D eigenvalue weighted by Gasteiger charge is -2.25. The van der Waals surface area contributed by atoms with Crippen LogP contribution in [0.1, 0.15) is 41.5 Å². The Balaban J connectivity index is 1.86. The number of benzene rings is 2. The lowest BCUT2D eigenvalue weighted by atomic mass is 9.94. The number of methoxy groups -OCH3 is 2. The molecule has 2 aromatic carbocycles. The van der Waals surface area contributed by atoms with E-state index in [1.54, 1.807) is 36.4 Å². The Labute approximate surface area is 214 Å². The molecule has 1 aromatic heterocycles. The van der Waals surface area contributed by atoms with Gasteiger partial charge in [-0.05, 0) is 73.7 Å². The number of hydrogen-bond acceptors (Lipinski definition) is 7. The molecule has 4 rings (SSSR count). The van der Waals surface area contributed by atoms with Gasteiger partial charge in [-0.25, -0.2) is 0 Å². The lowest BCUT2D eigenvalue weighted by Crippen LogP contribution is -2.28. The van der Waals surface area contributed by atoms with Crippen molar-refractivity contribution >= 4 is 28.8 Å². The molecule has 1 aliphatic rings. The van der Waals surface area contributed by atoms with Gasteiger partial charge in [0.25, 0.3) is 11.7 Å². The number of Topliss-reactive ketones (excluding diaryl/α,β-unsaturated/α-hetero) is 1. The molecule has 2 heterocycles. The molecule has 7 nitrogen and oxygen atoms in total. The average Bonchev–Trinajstić information content (AvgIpc) is 3.46. The van der Waals surface area contributed by atoms with Crippen molar-refractivity contribution in [1.82, 2.24) is 4.90 Å². The van der Waals surface area contributed by atoms with Crippen LogP contribution in [-0.4, -0.2) is 42.0 Å². The Kier molecular flexibility index (Phi) is 7.35. The highest BCUT2D eigenvalue weighted by Crippen LogP contribution is 2.43. The van der Waals surface area contributed by atoms with Gasteiger partial charge in [0.05, 0.1) is 38.5 Å². The van der Waals surface area contributed by atoms with Crippen LogP contribution in [0.4, 0.5) is 0 Å². The topological polar surface area (TPSA) is 85.3 Å². The zero-order valence-corrected chi connectivity index (χ0v) is 21.7. The van der Waals surface area contributed by atoms with E-state index in [-0.39, 0.29) is 24.0 Å². The van der Waals surface area contributed by atoms with Gasteiger partial charge in [-0.15, -0.1) is 11.3 Å². The van der Waals surface area contributed by atoms with E-state index in [0.29, 0.717) is 28.4 Å². The van der Waals surface area contributed by atoms with Gasteiger partial charge in [0.2, 0.25) is 0 Å². The van der Waals surface area contributed by atoms with Crippen LogP contribution in [0.25, 0.3) is 5.76 Å². The van der Waals surface area contributed by atoms with Crippen LogP contribution in [0.2, 0.25) is 0 Å². The fraction of sp³-hybridized carbons (Fsp3) is 0.286. The number of likely N-dealkylation sites (tertiary alicyclic amines) is 1. The number of aryl methyl sites for hydroxylation is 1. The Bertz CT molecular complexity index is 1310. The minimum Gasteiger partial charge on any atom is -0.507 e. The van der Waals surface area contributed by atoms with Gasteiger partial charge in [-0.1, -0.05) is 12.1 Å². The van der Waals surface area contributed by atoms with Crippen molar-refractivity contribution in [3.63, 3.8) is 0 Å². The highest BCUT2D eigenvalue weighted by molar-refractivity contribution is 7.09. The van der Waals surface area contributed by atoms with Gasteiger partial charge in [0.15, 0.2) is 11.5 Å². The molecule has 1 N–H and O–H groups in total. The van der Waals surface area contributed by atoms with Crippen LogP contribution in [0.5, 0.6) is 17.2 Å². The first-order valence-corrected chi connectivity index (χ1v) is 12.4. The smallest absolute Gasteiger partial charge is 0.295 e. The Morgan fingerprint density at radius 2 is 1.75 bits per heavy atom. The third-order valence-corrected chi connectivity index (χ3v) is 6.84. The highest BCUT2D eigenvalue weighted by Gasteiger charge is 2.46.